The fourth-order valence-corrected chi connectivity index (χ4v) is 2.72. The fourth-order valence-electron chi connectivity index (χ4n) is 2.72. The van der Waals surface area contributed by atoms with Gasteiger partial charge in [-0.05, 0) is 41.0 Å². The molecule has 122 valence electrons. The summed E-state index contributed by atoms with van der Waals surface area (Å²) >= 11 is 0. The Balaban J connectivity index is 1.86. The maximum absolute atomic E-state index is 12.2. The molecule has 1 N–H and O–H groups in total. The van der Waals surface area contributed by atoms with Crippen LogP contribution >= 0.6 is 0 Å². The summed E-state index contributed by atoms with van der Waals surface area (Å²) in [6, 6.07) is 12.0. The molecule has 0 aromatic heterocycles. The van der Waals surface area contributed by atoms with Gasteiger partial charge < -0.3 is 15.0 Å². The average Bonchev–Trinajstić information content (AvgIpc) is 2.68. The molecule has 6 heteroatoms. The third-order valence-corrected chi connectivity index (χ3v) is 3.85. The Morgan fingerprint density at radius 2 is 1.74 bits per heavy atom. The van der Waals surface area contributed by atoms with Crippen molar-refractivity contribution in [2.24, 2.45) is 0 Å². The number of ether oxygens (including phenoxy) is 1. The number of alkyl halides is 3. The zero-order valence-electron chi connectivity index (χ0n) is 12.7. The third kappa shape index (κ3) is 3.76. The molecule has 0 saturated heterocycles. The topological polar surface area (TPSA) is 24.5 Å². The van der Waals surface area contributed by atoms with E-state index in [0.29, 0.717) is 0 Å². The van der Waals surface area contributed by atoms with Crippen molar-refractivity contribution in [3.05, 3.63) is 48.0 Å². The Morgan fingerprint density at radius 3 is 2.43 bits per heavy atom. The highest BCUT2D eigenvalue weighted by Crippen LogP contribution is 2.30. The molecule has 0 atom stereocenters. The summed E-state index contributed by atoms with van der Waals surface area (Å²) in [4.78, 5) is 2.19. The standard InChI is InChI=1S/C17H17F3N2O/c1-22-9-8-21-11-14-10-13(4-7-16(14)22)12-2-5-15(6-3-12)23-17(18,19)20/h2-7,10,21H,8-9,11H2,1H3. The smallest absolute Gasteiger partial charge is 0.406 e. The lowest BCUT2D eigenvalue weighted by atomic mass is 10.0. The molecule has 23 heavy (non-hydrogen) atoms. The van der Waals surface area contributed by atoms with Crippen LogP contribution in [0.15, 0.2) is 42.5 Å². The van der Waals surface area contributed by atoms with Gasteiger partial charge in [0.05, 0.1) is 0 Å². The molecule has 1 aliphatic heterocycles. The van der Waals surface area contributed by atoms with E-state index in [1.807, 2.05) is 6.07 Å². The molecule has 3 rings (SSSR count). The highest BCUT2D eigenvalue weighted by molar-refractivity contribution is 5.69. The normalized spacial score (nSPS) is 15.0. The lowest BCUT2D eigenvalue weighted by Crippen LogP contribution is -2.24. The second-order valence-electron chi connectivity index (χ2n) is 5.51. The first-order chi connectivity index (χ1) is 10.9. The third-order valence-electron chi connectivity index (χ3n) is 3.85. The Morgan fingerprint density at radius 1 is 1.04 bits per heavy atom. The van der Waals surface area contributed by atoms with E-state index in [9.17, 15) is 13.2 Å². The molecular formula is C17H17F3N2O. The van der Waals surface area contributed by atoms with Gasteiger partial charge in [0, 0.05) is 32.4 Å². The molecular weight excluding hydrogens is 305 g/mol. The number of fused-ring (bicyclic) bond motifs is 1. The van der Waals surface area contributed by atoms with Crippen molar-refractivity contribution < 1.29 is 17.9 Å². The Bertz CT molecular complexity index is 683. The van der Waals surface area contributed by atoms with Gasteiger partial charge in [-0.15, -0.1) is 13.2 Å². The molecule has 0 amide bonds. The molecule has 0 radical (unpaired) electrons. The summed E-state index contributed by atoms with van der Waals surface area (Å²) in [5, 5.41) is 3.36. The van der Waals surface area contributed by atoms with Gasteiger partial charge in [-0.2, -0.15) is 0 Å². The number of nitrogens with one attached hydrogen (secondary N) is 1. The minimum atomic E-state index is -4.66. The highest BCUT2D eigenvalue weighted by atomic mass is 19.4. The van der Waals surface area contributed by atoms with Gasteiger partial charge >= 0.3 is 6.36 Å². The van der Waals surface area contributed by atoms with Crippen molar-refractivity contribution in [2.45, 2.75) is 12.9 Å². The van der Waals surface area contributed by atoms with Gasteiger partial charge in [0.2, 0.25) is 0 Å². The molecule has 0 bridgehead atoms. The van der Waals surface area contributed by atoms with Crippen LogP contribution in [-0.4, -0.2) is 26.5 Å². The summed E-state index contributed by atoms with van der Waals surface area (Å²) in [6.07, 6.45) is -4.66. The van der Waals surface area contributed by atoms with Crippen molar-refractivity contribution in [1.29, 1.82) is 0 Å². The molecule has 0 spiro atoms. The SMILES string of the molecule is CN1CCNCc2cc(-c3ccc(OC(F)(F)F)cc3)ccc21. The molecule has 2 aromatic rings. The maximum Gasteiger partial charge on any atom is 0.573 e. The largest absolute Gasteiger partial charge is 0.573 e. The van der Waals surface area contributed by atoms with Gasteiger partial charge in [-0.1, -0.05) is 18.2 Å². The number of anilines is 1. The van der Waals surface area contributed by atoms with Gasteiger partial charge in [-0.3, -0.25) is 0 Å². The number of benzene rings is 2. The van der Waals surface area contributed by atoms with Crippen LogP contribution in [0.1, 0.15) is 5.56 Å². The minimum Gasteiger partial charge on any atom is -0.406 e. The lowest BCUT2D eigenvalue weighted by molar-refractivity contribution is -0.274. The zero-order valence-corrected chi connectivity index (χ0v) is 12.7. The first-order valence-electron chi connectivity index (χ1n) is 7.33. The molecule has 0 unspecified atom stereocenters. The number of nitrogens with zero attached hydrogens (tertiary/aromatic N) is 1. The van der Waals surface area contributed by atoms with E-state index < -0.39 is 6.36 Å². The Labute approximate surface area is 132 Å². The zero-order chi connectivity index (χ0) is 16.4. The van der Waals surface area contributed by atoms with Crippen molar-refractivity contribution >= 4 is 5.69 Å². The molecule has 0 aliphatic carbocycles. The number of hydrogen-bond donors (Lipinski definition) is 1. The lowest BCUT2D eigenvalue weighted by Gasteiger charge is -2.19. The van der Waals surface area contributed by atoms with E-state index in [1.54, 1.807) is 12.1 Å². The molecule has 1 heterocycles. The van der Waals surface area contributed by atoms with E-state index in [1.165, 1.54) is 23.4 Å². The van der Waals surface area contributed by atoms with Gasteiger partial charge in [0.15, 0.2) is 0 Å². The summed E-state index contributed by atoms with van der Waals surface area (Å²) in [5.74, 6) is -0.211. The predicted molar refractivity (Wildman–Crippen MR) is 83.5 cm³/mol. The van der Waals surface area contributed by atoms with Crippen LogP contribution in [0.2, 0.25) is 0 Å². The van der Waals surface area contributed by atoms with Crippen LogP contribution < -0.4 is 15.0 Å². The van der Waals surface area contributed by atoms with Crippen LogP contribution in [0.25, 0.3) is 11.1 Å². The second-order valence-corrected chi connectivity index (χ2v) is 5.51. The number of halogens is 3. The van der Waals surface area contributed by atoms with E-state index in [2.05, 4.69) is 34.1 Å². The van der Waals surface area contributed by atoms with Gasteiger partial charge in [0.25, 0.3) is 0 Å². The van der Waals surface area contributed by atoms with Crippen molar-refractivity contribution in [1.82, 2.24) is 5.32 Å². The van der Waals surface area contributed by atoms with Crippen LogP contribution in [0.3, 0.4) is 0 Å². The molecule has 2 aromatic carbocycles. The Hall–Kier alpha value is -2.21. The summed E-state index contributed by atoms with van der Waals surface area (Å²) in [6.45, 7) is 2.64. The quantitative estimate of drug-likeness (QED) is 0.910. The van der Waals surface area contributed by atoms with Crippen LogP contribution in [0, 0.1) is 0 Å². The molecule has 0 saturated carbocycles. The first kappa shape index (κ1) is 15.7. The van der Waals surface area contributed by atoms with E-state index in [0.717, 1.165) is 30.8 Å². The van der Waals surface area contributed by atoms with E-state index >= 15 is 0 Å². The summed E-state index contributed by atoms with van der Waals surface area (Å²) < 4.78 is 40.5. The minimum absolute atomic E-state index is 0.211. The van der Waals surface area contributed by atoms with E-state index in [-0.39, 0.29) is 5.75 Å². The number of rotatable bonds is 2. The van der Waals surface area contributed by atoms with Crippen LogP contribution in [0.5, 0.6) is 5.75 Å². The van der Waals surface area contributed by atoms with E-state index in [4.69, 9.17) is 0 Å². The predicted octanol–water partition coefficient (Wildman–Crippen LogP) is 3.79. The second kappa shape index (κ2) is 6.12. The first-order valence-corrected chi connectivity index (χ1v) is 7.33. The monoisotopic (exact) mass is 322 g/mol. The average molecular weight is 322 g/mol. The van der Waals surface area contributed by atoms with Crippen molar-refractivity contribution in [3.8, 4) is 16.9 Å². The highest BCUT2D eigenvalue weighted by Gasteiger charge is 2.30. The van der Waals surface area contributed by atoms with Crippen LogP contribution in [0.4, 0.5) is 18.9 Å². The van der Waals surface area contributed by atoms with Gasteiger partial charge in [-0.25, -0.2) is 0 Å². The molecule has 3 nitrogen and oxygen atoms in total. The molecule has 0 fully saturated rings. The maximum atomic E-state index is 12.2. The molecule has 1 aliphatic rings. The summed E-state index contributed by atoms with van der Waals surface area (Å²) in [7, 11) is 2.05. The summed E-state index contributed by atoms with van der Waals surface area (Å²) in [5.41, 5.74) is 4.18. The van der Waals surface area contributed by atoms with Crippen molar-refractivity contribution in [2.75, 3.05) is 25.0 Å². The van der Waals surface area contributed by atoms with Crippen LogP contribution in [-0.2, 0) is 6.54 Å². The fraction of sp³-hybridized carbons (Fsp3) is 0.294. The Kier molecular flexibility index (Phi) is 4.17. The number of hydrogen-bond acceptors (Lipinski definition) is 3. The van der Waals surface area contributed by atoms with Gasteiger partial charge in [0.1, 0.15) is 5.75 Å². The number of likely N-dealkylation sites (N-methyl/N-ethyl adjacent to an activating group) is 1. The van der Waals surface area contributed by atoms with Crippen molar-refractivity contribution in [3.63, 3.8) is 0 Å².